The van der Waals surface area contributed by atoms with Gasteiger partial charge in [0.15, 0.2) is 0 Å². The second-order valence-corrected chi connectivity index (χ2v) is 5.54. The highest BCUT2D eigenvalue weighted by molar-refractivity contribution is 9.10. The minimum atomic E-state index is -0.541. The zero-order valence-electron chi connectivity index (χ0n) is 9.20. The van der Waals surface area contributed by atoms with Crippen LogP contribution in [0.5, 0.6) is 0 Å². The van der Waals surface area contributed by atoms with Crippen LogP contribution in [0.1, 0.15) is 28.4 Å². The third-order valence-corrected chi connectivity index (χ3v) is 4.41. The predicted octanol–water partition coefficient (Wildman–Crippen LogP) is 4.21. The van der Waals surface area contributed by atoms with E-state index in [0.717, 1.165) is 21.2 Å². The number of halogens is 1. The van der Waals surface area contributed by atoms with Gasteiger partial charge in [-0.25, -0.2) is 0 Å². The van der Waals surface area contributed by atoms with E-state index in [4.69, 9.17) is 0 Å². The molecule has 16 heavy (non-hydrogen) atoms. The maximum absolute atomic E-state index is 10.3. The van der Waals surface area contributed by atoms with E-state index in [2.05, 4.69) is 28.9 Å². The normalized spacial score (nSPS) is 12.8. The maximum Gasteiger partial charge on any atom is 0.106 e. The molecule has 1 unspecified atom stereocenters. The largest absolute Gasteiger partial charge is 0.384 e. The van der Waals surface area contributed by atoms with Gasteiger partial charge in [0.05, 0.1) is 0 Å². The molecule has 1 aromatic heterocycles. The summed E-state index contributed by atoms with van der Waals surface area (Å²) < 4.78 is 0.977. The topological polar surface area (TPSA) is 20.2 Å². The molecular formula is C13H13BrOS. The molecule has 0 radical (unpaired) electrons. The van der Waals surface area contributed by atoms with E-state index in [9.17, 15) is 5.11 Å². The predicted molar refractivity (Wildman–Crippen MR) is 72.0 cm³/mol. The molecule has 0 aliphatic rings. The molecule has 1 aromatic carbocycles. The van der Waals surface area contributed by atoms with Crippen LogP contribution < -0.4 is 0 Å². The summed E-state index contributed by atoms with van der Waals surface area (Å²) in [6.45, 7) is 4.09. The number of hydrogen-bond donors (Lipinski definition) is 1. The van der Waals surface area contributed by atoms with Gasteiger partial charge in [0.1, 0.15) is 6.10 Å². The highest BCUT2D eigenvalue weighted by Crippen LogP contribution is 2.32. The Hall–Kier alpha value is -0.640. The summed E-state index contributed by atoms with van der Waals surface area (Å²) in [6.07, 6.45) is -0.541. The van der Waals surface area contributed by atoms with Crippen molar-refractivity contribution in [2.75, 3.05) is 0 Å². The van der Waals surface area contributed by atoms with Gasteiger partial charge in [-0.05, 0) is 46.3 Å². The van der Waals surface area contributed by atoms with Crippen LogP contribution in [0.2, 0.25) is 0 Å². The molecule has 1 nitrogen and oxygen atoms in total. The first-order chi connectivity index (χ1) is 7.59. The van der Waals surface area contributed by atoms with Crippen molar-refractivity contribution in [2.24, 2.45) is 0 Å². The second-order valence-electron chi connectivity index (χ2n) is 3.94. The Labute approximate surface area is 108 Å². The zero-order valence-corrected chi connectivity index (χ0v) is 11.6. The fourth-order valence-electron chi connectivity index (χ4n) is 1.79. The van der Waals surface area contributed by atoms with Gasteiger partial charge < -0.3 is 5.11 Å². The SMILES string of the molecule is Cc1ccc(C(O)c2cscc2Br)c(C)c1. The van der Waals surface area contributed by atoms with Crippen molar-refractivity contribution >= 4 is 27.3 Å². The van der Waals surface area contributed by atoms with Crippen molar-refractivity contribution in [2.45, 2.75) is 20.0 Å². The molecule has 1 N–H and O–H groups in total. The third-order valence-electron chi connectivity index (χ3n) is 2.66. The first-order valence-electron chi connectivity index (χ1n) is 5.06. The van der Waals surface area contributed by atoms with Crippen LogP contribution in [-0.2, 0) is 0 Å². The molecule has 1 heterocycles. The van der Waals surface area contributed by atoms with Crippen LogP contribution in [-0.4, -0.2) is 5.11 Å². The number of thiophene rings is 1. The molecule has 1 atom stereocenters. The third kappa shape index (κ3) is 2.21. The Morgan fingerprint density at radius 1 is 1.19 bits per heavy atom. The van der Waals surface area contributed by atoms with Crippen LogP contribution in [0, 0.1) is 13.8 Å². The summed E-state index contributed by atoms with van der Waals surface area (Å²) in [5.41, 5.74) is 4.27. The molecule has 0 aliphatic heterocycles. The van der Waals surface area contributed by atoms with Crippen molar-refractivity contribution < 1.29 is 5.11 Å². The molecule has 0 fully saturated rings. The molecule has 0 bridgehead atoms. The molecule has 2 rings (SSSR count). The van der Waals surface area contributed by atoms with Gasteiger partial charge in [-0.1, -0.05) is 23.8 Å². The van der Waals surface area contributed by atoms with Crippen LogP contribution in [0.4, 0.5) is 0 Å². The minimum absolute atomic E-state index is 0.541. The van der Waals surface area contributed by atoms with Crippen molar-refractivity contribution in [1.29, 1.82) is 0 Å². The summed E-state index contributed by atoms with van der Waals surface area (Å²) >= 11 is 5.04. The molecular weight excluding hydrogens is 284 g/mol. The Bertz CT molecular complexity index is 504. The molecule has 0 saturated heterocycles. The summed E-state index contributed by atoms with van der Waals surface area (Å²) in [5.74, 6) is 0. The lowest BCUT2D eigenvalue weighted by molar-refractivity contribution is 0.219. The number of aliphatic hydroxyl groups excluding tert-OH is 1. The average molecular weight is 297 g/mol. The summed E-state index contributed by atoms with van der Waals surface area (Å²) in [4.78, 5) is 0. The molecule has 84 valence electrons. The number of hydrogen-bond acceptors (Lipinski definition) is 2. The Balaban J connectivity index is 2.41. The molecule has 3 heteroatoms. The van der Waals surface area contributed by atoms with E-state index >= 15 is 0 Å². The Morgan fingerprint density at radius 3 is 2.50 bits per heavy atom. The van der Waals surface area contributed by atoms with E-state index in [1.165, 1.54) is 5.56 Å². The van der Waals surface area contributed by atoms with Crippen molar-refractivity contribution in [1.82, 2.24) is 0 Å². The molecule has 0 amide bonds. The number of benzene rings is 1. The lowest BCUT2D eigenvalue weighted by atomic mass is 9.98. The van der Waals surface area contributed by atoms with Crippen LogP contribution in [0.25, 0.3) is 0 Å². The standard InChI is InChI=1S/C13H13BrOS/c1-8-3-4-10(9(2)5-8)13(15)11-6-16-7-12(11)14/h3-7,13,15H,1-2H3. The van der Waals surface area contributed by atoms with Crippen LogP contribution in [0.3, 0.4) is 0 Å². The Morgan fingerprint density at radius 2 is 1.94 bits per heavy atom. The summed E-state index contributed by atoms with van der Waals surface area (Å²) in [5, 5.41) is 14.3. The fourth-order valence-corrected chi connectivity index (χ4v) is 3.32. The summed E-state index contributed by atoms with van der Waals surface area (Å²) in [7, 11) is 0. The lowest BCUT2D eigenvalue weighted by Gasteiger charge is -2.13. The molecule has 0 saturated carbocycles. The van der Waals surface area contributed by atoms with E-state index in [1.807, 2.05) is 29.8 Å². The molecule has 0 spiro atoms. The van der Waals surface area contributed by atoms with Crippen molar-refractivity contribution in [3.05, 3.63) is 55.7 Å². The highest BCUT2D eigenvalue weighted by Gasteiger charge is 2.16. The van der Waals surface area contributed by atoms with Gasteiger partial charge in [-0.15, -0.1) is 0 Å². The average Bonchev–Trinajstić information content (AvgIpc) is 2.63. The molecule has 0 aliphatic carbocycles. The van der Waals surface area contributed by atoms with E-state index in [1.54, 1.807) is 11.3 Å². The number of aliphatic hydroxyl groups is 1. The number of rotatable bonds is 2. The number of aryl methyl sites for hydroxylation is 2. The highest BCUT2D eigenvalue weighted by atomic mass is 79.9. The quantitative estimate of drug-likeness (QED) is 0.880. The first kappa shape index (κ1) is 11.8. The van der Waals surface area contributed by atoms with Crippen LogP contribution >= 0.6 is 27.3 Å². The zero-order chi connectivity index (χ0) is 11.7. The fraction of sp³-hybridized carbons (Fsp3) is 0.231. The van der Waals surface area contributed by atoms with Gasteiger partial charge in [0, 0.05) is 15.4 Å². The van der Waals surface area contributed by atoms with Gasteiger partial charge in [0.25, 0.3) is 0 Å². The first-order valence-corrected chi connectivity index (χ1v) is 6.80. The van der Waals surface area contributed by atoms with E-state index in [-0.39, 0.29) is 0 Å². The summed E-state index contributed by atoms with van der Waals surface area (Å²) in [6, 6.07) is 6.13. The smallest absolute Gasteiger partial charge is 0.106 e. The van der Waals surface area contributed by atoms with E-state index in [0.29, 0.717) is 0 Å². The molecule has 2 aromatic rings. The van der Waals surface area contributed by atoms with Gasteiger partial charge >= 0.3 is 0 Å². The lowest BCUT2D eigenvalue weighted by Crippen LogP contribution is -2.01. The second kappa shape index (κ2) is 4.70. The maximum atomic E-state index is 10.3. The minimum Gasteiger partial charge on any atom is -0.384 e. The monoisotopic (exact) mass is 296 g/mol. The van der Waals surface area contributed by atoms with Crippen molar-refractivity contribution in [3.63, 3.8) is 0 Å². The van der Waals surface area contributed by atoms with Gasteiger partial charge in [-0.2, -0.15) is 11.3 Å². The van der Waals surface area contributed by atoms with Gasteiger partial charge in [-0.3, -0.25) is 0 Å². The Kier molecular flexibility index (Phi) is 3.47. The van der Waals surface area contributed by atoms with Crippen LogP contribution in [0.15, 0.2) is 33.4 Å². The van der Waals surface area contributed by atoms with E-state index < -0.39 is 6.10 Å². The van der Waals surface area contributed by atoms with Gasteiger partial charge in [0.2, 0.25) is 0 Å². The van der Waals surface area contributed by atoms with Crippen molar-refractivity contribution in [3.8, 4) is 0 Å².